The van der Waals surface area contributed by atoms with Crippen molar-refractivity contribution >= 4 is 16.8 Å². The van der Waals surface area contributed by atoms with E-state index in [-0.39, 0.29) is 12.5 Å². The van der Waals surface area contributed by atoms with Crippen molar-refractivity contribution in [2.45, 2.75) is 44.6 Å². The Morgan fingerprint density at radius 2 is 2.23 bits per heavy atom. The molecule has 4 nitrogen and oxygen atoms in total. The molecule has 118 valence electrons. The van der Waals surface area contributed by atoms with Gasteiger partial charge in [-0.3, -0.25) is 4.79 Å². The quantitative estimate of drug-likeness (QED) is 0.862. The number of aryl methyl sites for hydroxylation is 1. The third-order valence-corrected chi connectivity index (χ3v) is 4.68. The Hall–Kier alpha value is -1.81. The van der Waals surface area contributed by atoms with Crippen molar-refractivity contribution in [3.05, 3.63) is 36.0 Å². The average molecular weight is 300 g/mol. The largest absolute Gasteiger partial charge is 0.396 e. The molecular weight excluding hydrogens is 276 g/mol. The number of nitrogens with one attached hydrogen (secondary N) is 1. The van der Waals surface area contributed by atoms with Crippen molar-refractivity contribution in [1.82, 2.24) is 9.88 Å². The normalized spacial score (nSPS) is 18.2. The number of carbonyl (C=O) groups excluding carboxylic acids is 1. The van der Waals surface area contributed by atoms with Crippen LogP contribution in [0.25, 0.3) is 10.9 Å². The van der Waals surface area contributed by atoms with Gasteiger partial charge in [0.1, 0.15) is 0 Å². The molecule has 0 saturated carbocycles. The van der Waals surface area contributed by atoms with Crippen LogP contribution in [0.2, 0.25) is 0 Å². The molecule has 2 aromatic rings. The molecule has 0 bridgehead atoms. The molecule has 22 heavy (non-hydrogen) atoms. The summed E-state index contributed by atoms with van der Waals surface area (Å²) in [5.74, 6) is 0.255. The summed E-state index contributed by atoms with van der Waals surface area (Å²) in [6.07, 6.45) is 7.26. The maximum Gasteiger partial charge on any atom is 0.223 e. The number of hydrogen-bond donors (Lipinski definition) is 2. The number of fused-ring (bicyclic) bond motifs is 1. The van der Waals surface area contributed by atoms with E-state index in [9.17, 15) is 4.79 Å². The zero-order valence-corrected chi connectivity index (χ0v) is 12.9. The molecule has 1 unspecified atom stereocenters. The first-order valence-electron chi connectivity index (χ1n) is 8.25. The molecule has 1 aliphatic rings. The Balaban J connectivity index is 1.60. The number of amides is 1. The highest BCUT2D eigenvalue weighted by Gasteiger charge is 2.27. The number of nitrogens with zero attached hydrogens (tertiary/aromatic N) is 1. The van der Waals surface area contributed by atoms with Gasteiger partial charge < -0.3 is 15.0 Å². The zero-order chi connectivity index (χ0) is 15.4. The average Bonchev–Trinajstić information content (AvgIpc) is 3.17. The highest BCUT2D eigenvalue weighted by Crippen LogP contribution is 2.24. The number of aliphatic hydroxyl groups excluding tert-OH is 1. The minimum absolute atomic E-state index is 0.216. The Morgan fingerprint density at radius 3 is 3.09 bits per heavy atom. The van der Waals surface area contributed by atoms with Crippen molar-refractivity contribution < 1.29 is 9.90 Å². The number of aromatic nitrogens is 1. The first-order valence-corrected chi connectivity index (χ1v) is 8.25. The second-order valence-corrected chi connectivity index (χ2v) is 6.11. The van der Waals surface area contributed by atoms with Gasteiger partial charge in [-0.1, -0.05) is 18.2 Å². The van der Waals surface area contributed by atoms with E-state index in [4.69, 9.17) is 5.11 Å². The maximum atomic E-state index is 12.5. The molecule has 1 amide bonds. The number of para-hydroxylation sites is 1. The van der Waals surface area contributed by atoms with Crippen molar-refractivity contribution in [3.63, 3.8) is 0 Å². The second kappa shape index (κ2) is 6.97. The number of aliphatic hydroxyl groups is 1. The van der Waals surface area contributed by atoms with E-state index < -0.39 is 0 Å². The number of rotatable bonds is 6. The lowest BCUT2D eigenvalue weighted by atomic mass is 10.1. The molecule has 1 fully saturated rings. The first kappa shape index (κ1) is 15.1. The van der Waals surface area contributed by atoms with Crippen molar-refractivity contribution in [2.75, 3.05) is 13.2 Å². The molecule has 3 rings (SSSR count). The van der Waals surface area contributed by atoms with Crippen molar-refractivity contribution in [3.8, 4) is 0 Å². The van der Waals surface area contributed by atoms with Crippen LogP contribution in [0.4, 0.5) is 0 Å². The Morgan fingerprint density at radius 1 is 1.36 bits per heavy atom. The SMILES string of the molecule is O=C(CCc1c[nH]c2ccccc12)N1CCCC1CCCO. The van der Waals surface area contributed by atoms with Crippen LogP contribution in [0.15, 0.2) is 30.5 Å². The second-order valence-electron chi connectivity index (χ2n) is 6.11. The number of hydrogen-bond acceptors (Lipinski definition) is 2. The molecule has 0 aliphatic carbocycles. The monoisotopic (exact) mass is 300 g/mol. The highest BCUT2D eigenvalue weighted by atomic mass is 16.3. The summed E-state index contributed by atoms with van der Waals surface area (Å²) in [5, 5.41) is 10.2. The van der Waals surface area contributed by atoms with Gasteiger partial charge in [0.25, 0.3) is 0 Å². The minimum atomic E-state index is 0.216. The fraction of sp³-hybridized carbons (Fsp3) is 0.500. The summed E-state index contributed by atoms with van der Waals surface area (Å²) in [7, 11) is 0. The number of likely N-dealkylation sites (tertiary alicyclic amines) is 1. The zero-order valence-electron chi connectivity index (χ0n) is 12.9. The van der Waals surface area contributed by atoms with Gasteiger partial charge in [-0.05, 0) is 43.7 Å². The third-order valence-electron chi connectivity index (χ3n) is 4.68. The number of carbonyl (C=O) groups is 1. The molecule has 1 aliphatic heterocycles. The topological polar surface area (TPSA) is 56.3 Å². The van der Waals surface area contributed by atoms with Crippen LogP contribution in [0.1, 0.15) is 37.7 Å². The Kier molecular flexibility index (Phi) is 4.78. The maximum absolute atomic E-state index is 12.5. The highest BCUT2D eigenvalue weighted by molar-refractivity contribution is 5.84. The number of aromatic amines is 1. The van der Waals surface area contributed by atoms with Crippen LogP contribution in [-0.4, -0.2) is 40.1 Å². The molecular formula is C18H24N2O2. The van der Waals surface area contributed by atoms with Gasteiger partial charge in [-0.15, -0.1) is 0 Å². The summed E-state index contributed by atoms with van der Waals surface area (Å²) in [6, 6.07) is 8.55. The number of H-pyrrole nitrogens is 1. The summed E-state index contributed by atoms with van der Waals surface area (Å²) in [6.45, 7) is 1.09. The fourth-order valence-corrected chi connectivity index (χ4v) is 3.51. The van der Waals surface area contributed by atoms with E-state index in [1.807, 2.05) is 23.2 Å². The lowest BCUT2D eigenvalue weighted by Crippen LogP contribution is -2.35. The van der Waals surface area contributed by atoms with Crippen LogP contribution >= 0.6 is 0 Å². The summed E-state index contributed by atoms with van der Waals surface area (Å²) in [4.78, 5) is 17.8. The van der Waals surface area contributed by atoms with Crippen LogP contribution < -0.4 is 0 Å². The molecule has 2 heterocycles. The number of benzene rings is 1. The van der Waals surface area contributed by atoms with Gasteiger partial charge in [-0.2, -0.15) is 0 Å². The molecule has 1 saturated heterocycles. The Labute approximate surface area is 131 Å². The molecule has 0 spiro atoms. The molecule has 1 aromatic heterocycles. The summed E-state index contributed by atoms with van der Waals surface area (Å²) >= 11 is 0. The van der Waals surface area contributed by atoms with Crippen LogP contribution in [0.5, 0.6) is 0 Å². The van der Waals surface area contributed by atoms with Gasteiger partial charge in [0.15, 0.2) is 0 Å². The van der Waals surface area contributed by atoms with E-state index in [1.165, 1.54) is 10.9 Å². The van der Waals surface area contributed by atoms with Crippen LogP contribution in [-0.2, 0) is 11.2 Å². The molecule has 2 N–H and O–H groups in total. The first-order chi connectivity index (χ1) is 10.8. The summed E-state index contributed by atoms with van der Waals surface area (Å²) < 4.78 is 0. The summed E-state index contributed by atoms with van der Waals surface area (Å²) in [5.41, 5.74) is 2.35. The standard InChI is InChI=1S/C18H24N2O2/c21-12-4-6-15-5-3-11-20(15)18(22)10-9-14-13-19-17-8-2-1-7-16(14)17/h1-2,7-8,13,15,19,21H,3-6,9-12H2. The van der Waals surface area contributed by atoms with E-state index in [1.54, 1.807) is 0 Å². The van der Waals surface area contributed by atoms with Crippen molar-refractivity contribution in [2.24, 2.45) is 0 Å². The van der Waals surface area contributed by atoms with E-state index >= 15 is 0 Å². The van der Waals surface area contributed by atoms with Gasteiger partial charge >= 0.3 is 0 Å². The van der Waals surface area contributed by atoms with Gasteiger partial charge in [0.05, 0.1) is 0 Å². The van der Waals surface area contributed by atoms with Gasteiger partial charge in [0, 0.05) is 42.7 Å². The van der Waals surface area contributed by atoms with Crippen LogP contribution in [0, 0.1) is 0 Å². The lowest BCUT2D eigenvalue weighted by molar-refractivity contribution is -0.132. The smallest absolute Gasteiger partial charge is 0.223 e. The molecule has 1 aromatic carbocycles. The Bertz CT molecular complexity index is 635. The van der Waals surface area contributed by atoms with Gasteiger partial charge in [0.2, 0.25) is 5.91 Å². The van der Waals surface area contributed by atoms with Crippen LogP contribution in [0.3, 0.4) is 0 Å². The lowest BCUT2D eigenvalue weighted by Gasteiger charge is -2.24. The molecule has 1 atom stereocenters. The van der Waals surface area contributed by atoms with E-state index in [2.05, 4.69) is 17.1 Å². The van der Waals surface area contributed by atoms with Crippen molar-refractivity contribution in [1.29, 1.82) is 0 Å². The minimum Gasteiger partial charge on any atom is -0.396 e. The molecule has 4 heteroatoms. The predicted octanol–water partition coefficient (Wildman–Crippen LogP) is 2.86. The fourth-order valence-electron chi connectivity index (χ4n) is 3.51. The molecule has 0 radical (unpaired) electrons. The van der Waals surface area contributed by atoms with E-state index in [0.29, 0.717) is 12.5 Å². The van der Waals surface area contributed by atoms with Gasteiger partial charge in [-0.25, -0.2) is 0 Å². The third kappa shape index (κ3) is 3.17. The predicted molar refractivity (Wildman–Crippen MR) is 87.7 cm³/mol. The van der Waals surface area contributed by atoms with E-state index in [0.717, 1.165) is 44.2 Å².